The van der Waals surface area contributed by atoms with Crippen LogP contribution in [0.25, 0.3) is 0 Å². The van der Waals surface area contributed by atoms with Crippen LogP contribution < -0.4 is 5.73 Å². The van der Waals surface area contributed by atoms with E-state index in [9.17, 15) is 4.39 Å². The topological polar surface area (TPSA) is 35.2 Å². The van der Waals surface area contributed by atoms with Crippen molar-refractivity contribution < 1.29 is 9.13 Å². The lowest BCUT2D eigenvalue weighted by molar-refractivity contribution is 0.110. The molecule has 0 heterocycles. The second-order valence-corrected chi connectivity index (χ2v) is 2.51. The molecule has 0 fully saturated rings. The Morgan fingerprint density at radius 2 is 1.92 bits per heavy atom. The molecule has 1 aromatic rings. The van der Waals surface area contributed by atoms with E-state index in [1.165, 1.54) is 12.1 Å². The summed E-state index contributed by atoms with van der Waals surface area (Å²) in [4.78, 5) is 0. The van der Waals surface area contributed by atoms with Crippen LogP contribution >= 0.6 is 12.4 Å². The Bertz CT molecular complexity index is 236. The quantitative estimate of drug-likeness (QED) is 0.818. The maximum absolute atomic E-state index is 12.5. The van der Waals surface area contributed by atoms with E-state index in [0.717, 1.165) is 5.56 Å². The summed E-state index contributed by atoms with van der Waals surface area (Å²) < 4.78 is 17.6. The normalized spacial score (nSPS) is 11.9. The molecule has 0 bridgehead atoms. The summed E-state index contributed by atoms with van der Waals surface area (Å²) in [5.74, 6) is -0.245. The van der Waals surface area contributed by atoms with E-state index in [0.29, 0.717) is 6.54 Å². The van der Waals surface area contributed by atoms with Crippen LogP contribution in [0.2, 0.25) is 0 Å². The Hall–Kier alpha value is -0.640. The van der Waals surface area contributed by atoms with Crippen LogP contribution in [0.5, 0.6) is 0 Å². The van der Waals surface area contributed by atoms with E-state index in [-0.39, 0.29) is 24.3 Å². The first kappa shape index (κ1) is 12.4. The second-order valence-electron chi connectivity index (χ2n) is 2.51. The minimum atomic E-state index is -0.245. The average Bonchev–Trinajstić information content (AvgIpc) is 2.10. The Labute approximate surface area is 83.3 Å². The van der Waals surface area contributed by atoms with Crippen LogP contribution in [0, 0.1) is 5.82 Å². The number of methoxy groups -OCH3 is 1. The predicted octanol–water partition coefficient (Wildman–Crippen LogP) is 1.89. The van der Waals surface area contributed by atoms with Crippen molar-refractivity contribution in [1.82, 2.24) is 0 Å². The van der Waals surface area contributed by atoms with Gasteiger partial charge in [-0.2, -0.15) is 0 Å². The van der Waals surface area contributed by atoms with E-state index in [1.54, 1.807) is 19.2 Å². The number of nitrogens with two attached hydrogens (primary N) is 1. The third kappa shape index (κ3) is 3.30. The van der Waals surface area contributed by atoms with Crippen LogP contribution in [0.4, 0.5) is 4.39 Å². The van der Waals surface area contributed by atoms with E-state index in [1.807, 2.05) is 0 Å². The minimum Gasteiger partial charge on any atom is -0.375 e. The molecule has 0 aliphatic heterocycles. The molecule has 0 aromatic heterocycles. The van der Waals surface area contributed by atoms with Crippen molar-refractivity contribution in [3.63, 3.8) is 0 Å². The van der Waals surface area contributed by atoms with Gasteiger partial charge in [0.15, 0.2) is 0 Å². The van der Waals surface area contributed by atoms with Crippen LogP contribution in [0.15, 0.2) is 24.3 Å². The standard InChI is InChI=1S/C9H12FNO.ClH/c1-12-9(6-11)7-2-4-8(10)5-3-7;/h2-5,9H,6,11H2,1H3;1H. The molecule has 0 amide bonds. The number of hydrogen-bond acceptors (Lipinski definition) is 2. The SMILES string of the molecule is COC(CN)c1ccc(F)cc1.Cl. The van der Waals surface area contributed by atoms with E-state index < -0.39 is 0 Å². The van der Waals surface area contributed by atoms with E-state index in [2.05, 4.69) is 0 Å². The van der Waals surface area contributed by atoms with Gasteiger partial charge in [0.2, 0.25) is 0 Å². The van der Waals surface area contributed by atoms with Gasteiger partial charge in [-0.3, -0.25) is 0 Å². The summed E-state index contributed by atoms with van der Waals surface area (Å²) in [5.41, 5.74) is 6.34. The lowest BCUT2D eigenvalue weighted by Crippen LogP contribution is -2.13. The molecule has 1 atom stereocenters. The first-order chi connectivity index (χ1) is 5.77. The third-order valence-electron chi connectivity index (χ3n) is 1.74. The van der Waals surface area contributed by atoms with Crippen molar-refractivity contribution in [2.75, 3.05) is 13.7 Å². The van der Waals surface area contributed by atoms with Crippen LogP contribution in [-0.4, -0.2) is 13.7 Å². The van der Waals surface area contributed by atoms with Crippen molar-refractivity contribution >= 4 is 12.4 Å². The first-order valence-electron chi connectivity index (χ1n) is 3.76. The smallest absolute Gasteiger partial charge is 0.123 e. The Balaban J connectivity index is 0.00000144. The van der Waals surface area contributed by atoms with Crippen LogP contribution in [0.3, 0.4) is 0 Å². The van der Waals surface area contributed by atoms with Crippen LogP contribution in [-0.2, 0) is 4.74 Å². The molecule has 74 valence electrons. The molecule has 1 aromatic carbocycles. The summed E-state index contributed by atoms with van der Waals surface area (Å²) in [6, 6.07) is 6.15. The maximum Gasteiger partial charge on any atom is 0.123 e. The highest BCUT2D eigenvalue weighted by Gasteiger charge is 2.06. The third-order valence-corrected chi connectivity index (χ3v) is 1.74. The fourth-order valence-corrected chi connectivity index (χ4v) is 1.05. The fraction of sp³-hybridized carbons (Fsp3) is 0.333. The molecular weight excluding hydrogens is 193 g/mol. The minimum absolute atomic E-state index is 0. The molecule has 0 spiro atoms. The molecule has 2 nitrogen and oxygen atoms in total. The van der Waals surface area contributed by atoms with Gasteiger partial charge in [-0.15, -0.1) is 12.4 Å². The highest BCUT2D eigenvalue weighted by atomic mass is 35.5. The zero-order valence-electron chi connectivity index (χ0n) is 7.37. The number of hydrogen-bond donors (Lipinski definition) is 1. The van der Waals surface area contributed by atoms with Crippen molar-refractivity contribution in [3.05, 3.63) is 35.6 Å². The molecule has 2 N–H and O–H groups in total. The van der Waals surface area contributed by atoms with Gasteiger partial charge < -0.3 is 10.5 Å². The summed E-state index contributed by atoms with van der Waals surface area (Å²) in [7, 11) is 1.58. The van der Waals surface area contributed by atoms with Gasteiger partial charge in [-0.05, 0) is 17.7 Å². The lowest BCUT2D eigenvalue weighted by atomic mass is 10.1. The molecule has 13 heavy (non-hydrogen) atoms. The van der Waals surface area contributed by atoms with Gasteiger partial charge in [0.25, 0.3) is 0 Å². The highest BCUT2D eigenvalue weighted by Crippen LogP contribution is 2.14. The summed E-state index contributed by atoms with van der Waals surface area (Å²) in [6.07, 6.45) is -0.134. The summed E-state index contributed by atoms with van der Waals surface area (Å²) in [5, 5.41) is 0. The molecule has 0 saturated carbocycles. The molecular formula is C9H13ClFNO. The fourth-order valence-electron chi connectivity index (χ4n) is 1.05. The average molecular weight is 206 g/mol. The summed E-state index contributed by atoms with van der Waals surface area (Å²) >= 11 is 0. The zero-order chi connectivity index (χ0) is 8.97. The number of rotatable bonds is 3. The summed E-state index contributed by atoms with van der Waals surface area (Å²) in [6.45, 7) is 0.405. The van der Waals surface area contributed by atoms with E-state index in [4.69, 9.17) is 10.5 Å². The molecule has 1 unspecified atom stereocenters. The molecule has 0 aliphatic rings. The molecule has 1 rings (SSSR count). The van der Waals surface area contributed by atoms with Crippen molar-refractivity contribution in [1.29, 1.82) is 0 Å². The number of benzene rings is 1. The molecule has 0 saturated heterocycles. The number of ether oxygens (including phenoxy) is 1. The Kier molecular flexibility index (Phi) is 5.62. The maximum atomic E-state index is 12.5. The Morgan fingerprint density at radius 1 is 1.38 bits per heavy atom. The van der Waals surface area contributed by atoms with Crippen molar-refractivity contribution in [3.8, 4) is 0 Å². The molecule has 0 aliphatic carbocycles. The number of halogens is 2. The van der Waals surface area contributed by atoms with Gasteiger partial charge >= 0.3 is 0 Å². The van der Waals surface area contributed by atoms with Crippen molar-refractivity contribution in [2.24, 2.45) is 5.73 Å². The second kappa shape index (κ2) is 5.91. The highest BCUT2D eigenvalue weighted by molar-refractivity contribution is 5.85. The van der Waals surface area contributed by atoms with Gasteiger partial charge in [-0.1, -0.05) is 12.1 Å². The largest absolute Gasteiger partial charge is 0.375 e. The van der Waals surface area contributed by atoms with E-state index >= 15 is 0 Å². The monoisotopic (exact) mass is 205 g/mol. The molecule has 0 radical (unpaired) electrons. The van der Waals surface area contributed by atoms with Gasteiger partial charge in [0, 0.05) is 13.7 Å². The van der Waals surface area contributed by atoms with Gasteiger partial charge in [-0.25, -0.2) is 4.39 Å². The van der Waals surface area contributed by atoms with Gasteiger partial charge in [0.1, 0.15) is 5.82 Å². The first-order valence-corrected chi connectivity index (χ1v) is 3.76. The Morgan fingerprint density at radius 3 is 2.31 bits per heavy atom. The van der Waals surface area contributed by atoms with Crippen LogP contribution in [0.1, 0.15) is 11.7 Å². The van der Waals surface area contributed by atoms with Gasteiger partial charge in [0.05, 0.1) is 6.10 Å². The predicted molar refractivity (Wildman–Crippen MR) is 52.5 cm³/mol. The molecule has 4 heteroatoms. The zero-order valence-corrected chi connectivity index (χ0v) is 8.18. The lowest BCUT2D eigenvalue weighted by Gasteiger charge is -2.12. The van der Waals surface area contributed by atoms with Crippen molar-refractivity contribution in [2.45, 2.75) is 6.10 Å².